The van der Waals surface area contributed by atoms with E-state index in [2.05, 4.69) is 39.2 Å². The average Bonchev–Trinajstić information content (AvgIpc) is 3.10. The third-order valence-electron chi connectivity index (χ3n) is 3.77. The fourth-order valence-corrected chi connectivity index (χ4v) is 2.85. The predicted molar refractivity (Wildman–Crippen MR) is 97.0 cm³/mol. The molecule has 0 aliphatic heterocycles. The number of hydrogen-bond donors (Lipinski definition) is 0. The Morgan fingerprint density at radius 3 is 2.21 bits per heavy atom. The fourth-order valence-electron chi connectivity index (χ4n) is 2.32. The van der Waals surface area contributed by atoms with Gasteiger partial charge in [-0.25, -0.2) is 0 Å². The first-order valence-electron chi connectivity index (χ1n) is 8.73. The van der Waals surface area contributed by atoms with Gasteiger partial charge in [0.25, 0.3) is 5.13 Å². The standard InChI is InChI=1S/C17H22F3N5OS.Ni/c1-3-5-9-25(10-6-4-2)12-7-8-13(14(26)11-12)21-23-16-24-22-15(27-16)17(18,19)20;/h7-8,11,26H,3-6,9-10H2,1-2H3;/q;+2/p-1. The number of aromatic nitrogens is 2. The molecule has 6 nitrogen and oxygen atoms in total. The average molecular weight is 459 g/mol. The maximum absolute atomic E-state index is 12.5. The van der Waals surface area contributed by atoms with Crippen LogP contribution in [0.25, 0.3) is 0 Å². The number of anilines is 1. The van der Waals surface area contributed by atoms with Crippen molar-refractivity contribution in [3.63, 3.8) is 0 Å². The van der Waals surface area contributed by atoms with Crippen LogP contribution >= 0.6 is 11.3 Å². The molecule has 0 aliphatic rings. The Labute approximate surface area is 175 Å². The molecule has 28 heavy (non-hydrogen) atoms. The fraction of sp³-hybridized carbons (Fsp3) is 0.529. The van der Waals surface area contributed by atoms with Crippen LogP contribution in [0.3, 0.4) is 0 Å². The van der Waals surface area contributed by atoms with E-state index in [1.54, 1.807) is 6.07 Å². The van der Waals surface area contributed by atoms with Gasteiger partial charge < -0.3 is 10.0 Å². The van der Waals surface area contributed by atoms with Crippen molar-refractivity contribution in [1.82, 2.24) is 10.2 Å². The molecule has 0 N–H and O–H groups in total. The minimum Gasteiger partial charge on any atom is -0.871 e. The summed E-state index contributed by atoms with van der Waals surface area (Å²) < 4.78 is 37.5. The molecule has 1 aromatic heterocycles. The first-order chi connectivity index (χ1) is 12.8. The van der Waals surface area contributed by atoms with Crippen LogP contribution in [0.1, 0.15) is 44.5 Å². The Kier molecular flexibility index (Phi) is 9.82. The molecule has 0 radical (unpaired) electrons. The van der Waals surface area contributed by atoms with E-state index in [4.69, 9.17) is 0 Å². The molecule has 11 heteroatoms. The van der Waals surface area contributed by atoms with Crippen LogP contribution in [0, 0.1) is 0 Å². The third-order valence-corrected chi connectivity index (χ3v) is 4.62. The molecule has 0 spiro atoms. The van der Waals surface area contributed by atoms with Crippen LogP contribution in [-0.2, 0) is 22.7 Å². The third kappa shape index (κ3) is 7.02. The summed E-state index contributed by atoms with van der Waals surface area (Å²) in [6.45, 7) is 5.94. The summed E-state index contributed by atoms with van der Waals surface area (Å²) >= 11 is 0.273. The van der Waals surface area contributed by atoms with Crippen LogP contribution in [0.5, 0.6) is 5.75 Å². The minimum atomic E-state index is -4.57. The zero-order valence-electron chi connectivity index (χ0n) is 15.5. The summed E-state index contributed by atoms with van der Waals surface area (Å²) in [5.41, 5.74) is 0.865. The summed E-state index contributed by atoms with van der Waals surface area (Å²) in [5.74, 6) is -0.338. The molecule has 0 aliphatic carbocycles. The van der Waals surface area contributed by atoms with Crippen molar-refractivity contribution >= 4 is 27.8 Å². The van der Waals surface area contributed by atoms with Crippen molar-refractivity contribution in [2.45, 2.75) is 45.7 Å². The quantitative estimate of drug-likeness (QED) is 0.369. The normalized spacial score (nSPS) is 11.6. The summed E-state index contributed by atoms with van der Waals surface area (Å²) in [4.78, 5) is 2.16. The van der Waals surface area contributed by atoms with Gasteiger partial charge in [-0.1, -0.05) is 43.8 Å². The smallest absolute Gasteiger partial charge is 0.871 e. The van der Waals surface area contributed by atoms with Gasteiger partial charge in [-0.3, -0.25) is 0 Å². The first-order valence-corrected chi connectivity index (χ1v) is 9.55. The number of rotatable bonds is 9. The Morgan fingerprint density at radius 2 is 1.71 bits per heavy atom. The number of unbranched alkanes of at least 4 members (excludes halogenated alkanes) is 2. The molecular weight excluding hydrogens is 438 g/mol. The van der Waals surface area contributed by atoms with E-state index in [1.165, 1.54) is 12.1 Å². The molecule has 0 bridgehead atoms. The van der Waals surface area contributed by atoms with Crippen molar-refractivity contribution in [3.05, 3.63) is 23.2 Å². The Bertz CT molecular complexity index is 761. The first kappa shape index (κ1) is 24.3. The zero-order valence-corrected chi connectivity index (χ0v) is 17.3. The summed E-state index contributed by atoms with van der Waals surface area (Å²) in [6, 6.07) is 4.79. The van der Waals surface area contributed by atoms with Crippen LogP contribution in [-0.4, -0.2) is 23.3 Å². The van der Waals surface area contributed by atoms with E-state index < -0.39 is 11.2 Å². The van der Waals surface area contributed by atoms with E-state index in [0.29, 0.717) is 0 Å². The summed E-state index contributed by atoms with van der Waals surface area (Å²) in [6.07, 6.45) is -0.408. The molecule has 0 amide bonds. The summed E-state index contributed by atoms with van der Waals surface area (Å²) in [5, 5.41) is 24.6. The number of benzene rings is 1. The second-order valence-corrected chi connectivity index (χ2v) is 6.89. The van der Waals surface area contributed by atoms with Crippen LogP contribution in [0.2, 0.25) is 0 Å². The largest absolute Gasteiger partial charge is 2.00 e. The Hall–Kier alpha value is -1.74. The number of alkyl halides is 3. The van der Waals surface area contributed by atoms with Gasteiger partial charge in [0.15, 0.2) is 0 Å². The number of azo groups is 1. The molecule has 0 fully saturated rings. The van der Waals surface area contributed by atoms with Gasteiger partial charge in [0.2, 0.25) is 5.01 Å². The van der Waals surface area contributed by atoms with Crippen LogP contribution in [0.4, 0.5) is 29.7 Å². The topological polar surface area (TPSA) is 76.8 Å². The van der Waals surface area contributed by atoms with Gasteiger partial charge >= 0.3 is 22.7 Å². The van der Waals surface area contributed by atoms with Gasteiger partial charge in [0.05, 0.1) is 5.69 Å². The Balaban J connectivity index is 0.00000392. The van der Waals surface area contributed by atoms with Gasteiger partial charge in [0.1, 0.15) is 0 Å². The van der Waals surface area contributed by atoms with Crippen molar-refractivity contribution in [2.75, 3.05) is 18.0 Å². The molecular formula is C17H21F3N5NiOS+. The zero-order chi connectivity index (χ0) is 19.9. The molecule has 156 valence electrons. The van der Waals surface area contributed by atoms with Crippen molar-refractivity contribution in [2.24, 2.45) is 10.2 Å². The van der Waals surface area contributed by atoms with Crippen molar-refractivity contribution in [3.8, 4) is 5.75 Å². The van der Waals surface area contributed by atoms with E-state index in [0.717, 1.165) is 44.5 Å². The maximum Gasteiger partial charge on any atom is 2.00 e. The second-order valence-electron chi connectivity index (χ2n) is 5.93. The van der Waals surface area contributed by atoms with E-state index in [9.17, 15) is 18.3 Å². The molecule has 0 saturated carbocycles. The SMILES string of the molecule is CCCCN(CCCC)c1ccc(N=Nc2nnc(C(F)(F)F)s2)c([O-])c1.[Ni+2]. The number of nitrogens with zero attached hydrogens (tertiary/aromatic N) is 5. The molecule has 1 aromatic carbocycles. The second kappa shape index (κ2) is 11.3. The molecule has 0 atom stereocenters. The van der Waals surface area contributed by atoms with Gasteiger partial charge in [-0.15, -0.1) is 20.4 Å². The predicted octanol–water partition coefficient (Wildman–Crippen LogP) is 5.45. The Morgan fingerprint density at radius 1 is 1.07 bits per heavy atom. The van der Waals surface area contributed by atoms with Gasteiger partial charge in [0, 0.05) is 18.8 Å². The van der Waals surface area contributed by atoms with Crippen LogP contribution < -0.4 is 10.0 Å². The molecule has 1 heterocycles. The molecule has 0 saturated heterocycles. The van der Waals surface area contributed by atoms with Crippen LogP contribution in [0.15, 0.2) is 28.4 Å². The van der Waals surface area contributed by atoms with E-state index >= 15 is 0 Å². The summed E-state index contributed by atoms with van der Waals surface area (Å²) in [7, 11) is 0. The molecule has 2 aromatic rings. The van der Waals surface area contributed by atoms with Gasteiger partial charge in [-0.05, 0) is 31.0 Å². The number of halogens is 3. The van der Waals surface area contributed by atoms with E-state index in [-0.39, 0.29) is 44.4 Å². The van der Waals surface area contributed by atoms with E-state index in [1.807, 2.05) is 0 Å². The maximum atomic E-state index is 12.5. The monoisotopic (exact) mass is 458 g/mol. The van der Waals surface area contributed by atoms with Gasteiger partial charge in [-0.2, -0.15) is 13.2 Å². The number of hydrogen-bond acceptors (Lipinski definition) is 7. The molecule has 0 unspecified atom stereocenters. The van der Waals surface area contributed by atoms with Crippen molar-refractivity contribution < 1.29 is 34.8 Å². The van der Waals surface area contributed by atoms with Crippen molar-refractivity contribution in [1.29, 1.82) is 0 Å². The molecule has 2 rings (SSSR count). The minimum absolute atomic E-state index is 0.